The molecule has 2 nitrogen and oxygen atoms in total. The lowest BCUT2D eigenvalue weighted by atomic mass is 9.80. The molecule has 0 saturated carbocycles. The normalized spacial score (nSPS) is 20.9. The summed E-state index contributed by atoms with van der Waals surface area (Å²) < 4.78 is 0. The van der Waals surface area contributed by atoms with Crippen molar-refractivity contribution >= 4 is 5.69 Å². The Hall–Kier alpha value is -1.02. The van der Waals surface area contributed by atoms with Crippen LogP contribution in [0.3, 0.4) is 0 Å². The van der Waals surface area contributed by atoms with Gasteiger partial charge >= 0.3 is 0 Å². The van der Waals surface area contributed by atoms with Crippen LogP contribution in [0.15, 0.2) is 24.3 Å². The predicted octanol–water partition coefficient (Wildman–Crippen LogP) is 3.02. The van der Waals surface area contributed by atoms with E-state index in [1.165, 1.54) is 30.8 Å². The second-order valence-corrected chi connectivity index (χ2v) is 6.13. The Bertz CT molecular complexity index is 379. The van der Waals surface area contributed by atoms with Crippen molar-refractivity contribution in [1.82, 2.24) is 0 Å². The molecule has 1 aliphatic rings. The van der Waals surface area contributed by atoms with Gasteiger partial charge in [-0.15, -0.1) is 0 Å². The molecule has 1 atom stereocenters. The van der Waals surface area contributed by atoms with Crippen molar-refractivity contribution in [3.63, 3.8) is 0 Å². The zero-order valence-corrected chi connectivity index (χ0v) is 11.2. The lowest BCUT2D eigenvalue weighted by Crippen LogP contribution is -2.26. The van der Waals surface area contributed by atoms with Crippen LogP contribution in [-0.2, 0) is 6.54 Å². The van der Waals surface area contributed by atoms with E-state index in [0.717, 1.165) is 5.92 Å². The number of nitrogens with zero attached hydrogens (tertiary/aromatic N) is 1. The summed E-state index contributed by atoms with van der Waals surface area (Å²) in [7, 11) is 0. The highest BCUT2D eigenvalue weighted by Gasteiger charge is 2.32. The zero-order chi connectivity index (χ0) is 12.5. The molecule has 0 aromatic heterocycles. The van der Waals surface area contributed by atoms with Crippen LogP contribution in [0.4, 0.5) is 5.69 Å². The molecule has 1 saturated heterocycles. The third kappa shape index (κ3) is 2.63. The second-order valence-electron chi connectivity index (χ2n) is 6.13. The molecule has 2 rings (SSSR count). The number of hydrogen-bond donors (Lipinski definition) is 1. The average Bonchev–Trinajstić information content (AvgIpc) is 2.77. The molecule has 1 aromatic carbocycles. The molecular formula is C15H24N2. The summed E-state index contributed by atoms with van der Waals surface area (Å²) in [5.41, 5.74) is 8.82. The van der Waals surface area contributed by atoms with Gasteiger partial charge in [-0.05, 0) is 29.4 Å². The maximum absolute atomic E-state index is 5.81. The van der Waals surface area contributed by atoms with Crippen molar-refractivity contribution in [3.05, 3.63) is 29.8 Å². The molecular weight excluding hydrogens is 208 g/mol. The number of anilines is 1. The fraction of sp³-hybridized carbons (Fsp3) is 0.600. The van der Waals surface area contributed by atoms with E-state index in [-0.39, 0.29) is 0 Å². The Labute approximate surface area is 105 Å². The number of nitrogens with two attached hydrogens (primary N) is 1. The maximum atomic E-state index is 5.81. The van der Waals surface area contributed by atoms with Gasteiger partial charge in [-0.3, -0.25) is 0 Å². The van der Waals surface area contributed by atoms with Gasteiger partial charge in [0, 0.05) is 25.3 Å². The summed E-state index contributed by atoms with van der Waals surface area (Å²) in [5, 5.41) is 0. The van der Waals surface area contributed by atoms with Crippen LogP contribution < -0.4 is 10.6 Å². The summed E-state index contributed by atoms with van der Waals surface area (Å²) in [6, 6.07) is 8.52. The first-order chi connectivity index (χ1) is 8.02. The smallest absolute Gasteiger partial charge is 0.0411 e. The van der Waals surface area contributed by atoms with Crippen molar-refractivity contribution in [1.29, 1.82) is 0 Å². The van der Waals surface area contributed by atoms with Gasteiger partial charge in [-0.1, -0.05) is 39.0 Å². The van der Waals surface area contributed by atoms with Gasteiger partial charge < -0.3 is 10.6 Å². The summed E-state index contributed by atoms with van der Waals surface area (Å²) in [4.78, 5) is 2.50. The van der Waals surface area contributed by atoms with E-state index in [2.05, 4.69) is 49.9 Å². The zero-order valence-electron chi connectivity index (χ0n) is 11.2. The Morgan fingerprint density at radius 1 is 1.29 bits per heavy atom. The third-order valence-corrected chi connectivity index (χ3v) is 3.97. The molecule has 2 heteroatoms. The number of hydrogen-bond acceptors (Lipinski definition) is 2. The maximum Gasteiger partial charge on any atom is 0.0411 e. The van der Waals surface area contributed by atoms with Gasteiger partial charge in [-0.25, -0.2) is 0 Å². The van der Waals surface area contributed by atoms with Crippen LogP contribution in [0.1, 0.15) is 32.8 Å². The minimum atomic E-state index is 0.409. The first-order valence-electron chi connectivity index (χ1n) is 6.55. The highest BCUT2D eigenvalue weighted by atomic mass is 15.2. The fourth-order valence-corrected chi connectivity index (χ4v) is 2.68. The molecule has 17 heavy (non-hydrogen) atoms. The van der Waals surface area contributed by atoms with E-state index in [9.17, 15) is 0 Å². The van der Waals surface area contributed by atoms with E-state index in [1.54, 1.807) is 0 Å². The summed E-state index contributed by atoms with van der Waals surface area (Å²) in [6.07, 6.45) is 1.29. The molecule has 2 N–H and O–H groups in total. The Morgan fingerprint density at radius 2 is 2.00 bits per heavy atom. The van der Waals surface area contributed by atoms with Gasteiger partial charge in [0.25, 0.3) is 0 Å². The van der Waals surface area contributed by atoms with E-state index in [0.29, 0.717) is 12.0 Å². The largest absolute Gasteiger partial charge is 0.371 e. The SMILES string of the molecule is CC(C)(C)C1CCN(c2ccccc2CN)C1. The van der Waals surface area contributed by atoms with Gasteiger partial charge in [0.05, 0.1) is 0 Å². The summed E-state index contributed by atoms with van der Waals surface area (Å²) >= 11 is 0. The molecule has 0 aliphatic carbocycles. The first-order valence-corrected chi connectivity index (χ1v) is 6.55. The molecule has 0 spiro atoms. The third-order valence-electron chi connectivity index (χ3n) is 3.97. The predicted molar refractivity (Wildman–Crippen MR) is 74.1 cm³/mol. The van der Waals surface area contributed by atoms with Gasteiger partial charge in [0.2, 0.25) is 0 Å². The van der Waals surface area contributed by atoms with Crippen LogP contribution >= 0.6 is 0 Å². The number of para-hydroxylation sites is 1. The number of rotatable bonds is 2. The Kier molecular flexibility index (Phi) is 3.43. The van der Waals surface area contributed by atoms with Gasteiger partial charge in [0.15, 0.2) is 0 Å². The lowest BCUT2D eigenvalue weighted by molar-refractivity contribution is 0.263. The van der Waals surface area contributed by atoms with Crippen molar-refractivity contribution in [2.75, 3.05) is 18.0 Å². The van der Waals surface area contributed by atoms with E-state index < -0.39 is 0 Å². The summed E-state index contributed by atoms with van der Waals surface area (Å²) in [5.74, 6) is 0.785. The molecule has 0 radical (unpaired) electrons. The topological polar surface area (TPSA) is 29.3 Å². The van der Waals surface area contributed by atoms with E-state index in [4.69, 9.17) is 5.73 Å². The fourth-order valence-electron chi connectivity index (χ4n) is 2.68. The Balaban J connectivity index is 2.15. The highest BCUT2D eigenvalue weighted by molar-refractivity contribution is 5.54. The monoisotopic (exact) mass is 232 g/mol. The highest BCUT2D eigenvalue weighted by Crippen LogP contribution is 2.36. The molecule has 1 fully saturated rings. The molecule has 1 aliphatic heterocycles. The molecule has 1 heterocycles. The van der Waals surface area contributed by atoms with Gasteiger partial charge in [-0.2, -0.15) is 0 Å². The van der Waals surface area contributed by atoms with Crippen molar-refractivity contribution < 1.29 is 0 Å². The quantitative estimate of drug-likeness (QED) is 0.849. The summed E-state index contributed by atoms with van der Waals surface area (Å²) in [6.45, 7) is 9.99. The van der Waals surface area contributed by atoms with Crippen LogP contribution in [0, 0.1) is 11.3 Å². The molecule has 0 bridgehead atoms. The average molecular weight is 232 g/mol. The number of benzene rings is 1. The first kappa shape index (κ1) is 12.4. The molecule has 0 amide bonds. The van der Waals surface area contributed by atoms with Crippen molar-refractivity contribution in [2.24, 2.45) is 17.1 Å². The van der Waals surface area contributed by atoms with Crippen LogP contribution in [0.2, 0.25) is 0 Å². The van der Waals surface area contributed by atoms with Crippen molar-refractivity contribution in [3.8, 4) is 0 Å². The minimum Gasteiger partial charge on any atom is -0.371 e. The second kappa shape index (κ2) is 4.69. The van der Waals surface area contributed by atoms with Crippen LogP contribution in [-0.4, -0.2) is 13.1 Å². The molecule has 1 aromatic rings. The minimum absolute atomic E-state index is 0.409. The standard InChI is InChI=1S/C15H24N2/c1-15(2,3)13-8-9-17(11-13)14-7-5-4-6-12(14)10-16/h4-7,13H,8-11,16H2,1-3H3. The van der Waals surface area contributed by atoms with Crippen LogP contribution in [0.5, 0.6) is 0 Å². The molecule has 1 unspecified atom stereocenters. The van der Waals surface area contributed by atoms with E-state index >= 15 is 0 Å². The van der Waals surface area contributed by atoms with Gasteiger partial charge in [0.1, 0.15) is 0 Å². The lowest BCUT2D eigenvalue weighted by Gasteiger charge is -2.28. The van der Waals surface area contributed by atoms with E-state index in [1.807, 2.05) is 0 Å². The Morgan fingerprint density at radius 3 is 2.59 bits per heavy atom. The van der Waals surface area contributed by atoms with Crippen molar-refractivity contribution in [2.45, 2.75) is 33.7 Å². The van der Waals surface area contributed by atoms with Crippen LogP contribution in [0.25, 0.3) is 0 Å². The molecule has 94 valence electrons.